The van der Waals surface area contributed by atoms with E-state index in [2.05, 4.69) is 55.5 Å². The molecule has 0 aromatic heterocycles. The van der Waals surface area contributed by atoms with Crippen molar-refractivity contribution in [2.24, 2.45) is 34.0 Å². The molecule has 6 atom stereocenters. The van der Waals surface area contributed by atoms with Crippen molar-refractivity contribution in [3.05, 3.63) is 28.7 Å². The number of benzene rings is 1. The van der Waals surface area contributed by atoms with Gasteiger partial charge in [-0.05, 0) is 67.2 Å². The van der Waals surface area contributed by atoms with Crippen molar-refractivity contribution in [1.82, 2.24) is 0 Å². The van der Waals surface area contributed by atoms with Crippen LogP contribution in [0.1, 0.15) is 25.7 Å². The van der Waals surface area contributed by atoms with Crippen LogP contribution >= 0.6 is 15.9 Å². The summed E-state index contributed by atoms with van der Waals surface area (Å²) < 4.78 is 1.12. The lowest BCUT2D eigenvalue weighted by Crippen LogP contribution is -2.44. The van der Waals surface area contributed by atoms with Gasteiger partial charge in [-0.15, -0.1) is 0 Å². The zero-order chi connectivity index (χ0) is 13.3. The van der Waals surface area contributed by atoms with Gasteiger partial charge in [-0.3, -0.25) is 0 Å². The summed E-state index contributed by atoms with van der Waals surface area (Å²) in [4.78, 5) is 0. The van der Waals surface area contributed by atoms with Gasteiger partial charge in [0.1, 0.15) is 0 Å². The van der Waals surface area contributed by atoms with Crippen LogP contribution in [0, 0.1) is 23.7 Å². The first-order valence-electron chi connectivity index (χ1n) is 7.78. The van der Waals surface area contributed by atoms with Crippen LogP contribution in [0.3, 0.4) is 0 Å². The van der Waals surface area contributed by atoms with Crippen molar-refractivity contribution in [2.45, 2.75) is 37.8 Å². The van der Waals surface area contributed by atoms with E-state index in [4.69, 9.17) is 0 Å². The number of fused-ring (bicyclic) bond motifs is 8. The van der Waals surface area contributed by atoms with Gasteiger partial charge in [0, 0.05) is 4.47 Å². The number of nitrogens with zero attached hydrogens (tertiary/aromatic N) is 3. The number of hydrogen-bond donors (Lipinski definition) is 0. The fraction of sp³-hybridized carbons (Fsp3) is 0.625. The molecule has 1 heterocycles. The van der Waals surface area contributed by atoms with Crippen molar-refractivity contribution in [3.8, 4) is 0 Å². The number of rotatable bonds is 1. The average Bonchev–Trinajstić information content (AvgIpc) is 3.18. The van der Waals surface area contributed by atoms with Crippen LogP contribution in [0.4, 0.5) is 5.69 Å². The second kappa shape index (κ2) is 4.06. The third kappa shape index (κ3) is 1.41. The minimum absolute atomic E-state index is 0.475. The molecule has 6 unspecified atom stereocenters. The SMILES string of the molecule is Brc1ccc(N2N=NC3C4CC(C5CCCC54)C32)cc1. The molecule has 0 spiro atoms. The molecule has 3 aliphatic carbocycles. The van der Waals surface area contributed by atoms with Crippen molar-refractivity contribution in [3.63, 3.8) is 0 Å². The summed E-state index contributed by atoms with van der Waals surface area (Å²) in [6, 6.07) is 9.53. The molecule has 20 heavy (non-hydrogen) atoms. The number of hydrogen-bond acceptors (Lipinski definition) is 3. The smallest absolute Gasteiger partial charge is 0.0987 e. The van der Waals surface area contributed by atoms with Crippen LogP contribution in [0.2, 0.25) is 0 Å². The van der Waals surface area contributed by atoms with Gasteiger partial charge in [0.2, 0.25) is 0 Å². The van der Waals surface area contributed by atoms with Crippen LogP contribution in [0.5, 0.6) is 0 Å². The molecule has 4 aliphatic rings. The highest BCUT2D eigenvalue weighted by Gasteiger charge is 2.62. The van der Waals surface area contributed by atoms with E-state index in [1.165, 1.54) is 31.4 Å². The zero-order valence-corrected chi connectivity index (χ0v) is 12.9. The van der Waals surface area contributed by atoms with Gasteiger partial charge >= 0.3 is 0 Å². The lowest BCUT2D eigenvalue weighted by atomic mass is 9.76. The Kier molecular flexibility index (Phi) is 2.38. The highest BCUT2D eigenvalue weighted by atomic mass is 79.9. The molecule has 1 aromatic rings. The van der Waals surface area contributed by atoms with E-state index in [0.29, 0.717) is 12.1 Å². The van der Waals surface area contributed by atoms with Crippen molar-refractivity contribution < 1.29 is 0 Å². The fourth-order valence-corrected chi connectivity index (χ4v) is 5.77. The second-order valence-corrected chi connectivity index (χ2v) is 7.74. The Hall–Kier alpha value is -0.900. The summed E-state index contributed by atoms with van der Waals surface area (Å²) in [5.74, 6) is 3.57. The minimum atomic E-state index is 0.475. The molecule has 1 aromatic carbocycles. The standard InChI is InChI=1S/C16H18BrN3/c17-9-4-6-10(7-5-9)20-16-14-8-13(15(16)18-19-20)11-2-1-3-12(11)14/h4-7,11-16H,1-3,8H2. The first-order chi connectivity index (χ1) is 9.83. The molecule has 1 aliphatic heterocycles. The first-order valence-corrected chi connectivity index (χ1v) is 8.58. The monoisotopic (exact) mass is 331 g/mol. The molecule has 3 fully saturated rings. The molecule has 2 bridgehead atoms. The van der Waals surface area contributed by atoms with Crippen molar-refractivity contribution in [1.29, 1.82) is 0 Å². The quantitative estimate of drug-likeness (QED) is 0.747. The van der Waals surface area contributed by atoms with Gasteiger partial charge in [0.25, 0.3) is 0 Å². The van der Waals surface area contributed by atoms with E-state index >= 15 is 0 Å². The summed E-state index contributed by atoms with van der Waals surface area (Å²) in [5.41, 5.74) is 1.20. The molecule has 0 radical (unpaired) electrons. The summed E-state index contributed by atoms with van der Waals surface area (Å²) in [7, 11) is 0. The molecule has 4 heteroatoms. The van der Waals surface area contributed by atoms with Crippen LogP contribution in [-0.2, 0) is 0 Å². The average molecular weight is 332 g/mol. The fourth-order valence-electron chi connectivity index (χ4n) is 5.51. The maximum atomic E-state index is 4.66. The largest absolute Gasteiger partial charge is 0.242 e. The Morgan fingerprint density at radius 1 is 1.00 bits per heavy atom. The van der Waals surface area contributed by atoms with Gasteiger partial charge in [-0.2, -0.15) is 5.11 Å². The van der Waals surface area contributed by atoms with Gasteiger partial charge in [0.05, 0.1) is 17.8 Å². The van der Waals surface area contributed by atoms with E-state index in [-0.39, 0.29) is 0 Å². The topological polar surface area (TPSA) is 28.0 Å². The molecular formula is C16H18BrN3. The summed E-state index contributed by atoms with van der Waals surface area (Å²) in [6.45, 7) is 0. The van der Waals surface area contributed by atoms with Gasteiger partial charge in [-0.1, -0.05) is 27.6 Å². The summed E-state index contributed by atoms with van der Waals surface area (Å²) in [5, 5.41) is 11.4. The second-order valence-electron chi connectivity index (χ2n) is 6.83. The third-order valence-electron chi connectivity index (χ3n) is 6.15. The van der Waals surface area contributed by atoms with Gasteiger partial charge < -0.3 is 0 Å². The predicted molar refractivity (Wildman–Crippen MR) is 81.5 cm³/mol. The van der Waals surface area contributed by atoms with Gasteiger partial charge in [-0.25, -0.2) is 5.01 Å². The summed E-state index contributed by atoms with van der Waals surface area (Å²) >= 11 is 3.51. The van der Waals surface area contributed by atoms with Crippen molar-refractivity contribution in [2.75, 3.05) is 5.01 Å². The maximum Gasteiger partial charge on any atom is 0.0987 e. The predicted octanol–water partition coefficient (Wildman–Crippen LogP) is 4.44. The first kappa shape index (κ1) is 11.7. The van der Waals surface area contributed by atoms with Crippen LogP contribution in [0.15, 0.2) is 39.1 Å². The Morgan fingerprint density at radius 2 is 1.75 bits per heavy atom. The molecule has 104 valence electrons. The van der Waals surface area contributed by atoms with E-state index < -0.39 is 0 Å². The van der Waals surface area contributed by atoms with Crippen LogP contribution in [0.25, 0.3) is 0 Å². The zero-order valence-electron chi connectivity index (χ0n) is 11.3. The molecule has 3 nitrogen and oxygen atoms in total. The normalized spacial score (nSPS) is 44.1. The number of halogens is 1. The Bertz CT molecular complexity index is 570. The highest BCUT2D eigenvalue weighted by Crippen LogP contribution is 2.62. The van der Waals surface area contributed by atoms with Crippen LogP contribution < -0.4 is 5.01 Å². The molecule has 5 rings (SSSR count). The molecule has 0 N–H and O–H groups in total. The van der Waals surface area contributed by atoms with Crippen molar-refractivity contribution >= 4 is 21.6 Å². The van der Waals surface area contributed by atoms with E-state index in [1.807, 2.05) is 0 Å². The van der Waals surface area contributed by atoms with E-state index in [0.717, 1.165) is 28.1 Å². The molecule has 3 saturated carbocycles. The third-order valence-corrected chi connectivity index (χ3v) is 6.68. The Balaban J connectivity index is 1.50. The highest BCUT2D eigenvalue weighted by molar-refractivity contribution is 9.10. The van der Waals surface area contributed by atoms with E-state index in [9.17, 15) is 0 Å². The Morgan fingerprint density at radius 3 is 2.55 bits per heavy atom. The molecule has 0 amide bonds. The minimum Gasteiger partial charge on any atom is -0.242 e. The molecular weight excluding hydrogens is 314 g/mol. The van der Waals surface area contributed by atoms with E-state index in [1.54, 1.807) is 0 Å². The summed E-state index contributed by atoms with van der Waals surface area (Å²) in [6.07, 6.45) is 5.74. The maximum absolute atomic E-state index is 4.66. The Labute approximate surface area is 127 Å². The lowest BCUT2D eigenvalue weighted by molar-refractivity contribution is 0.217. The number of anilines is 1. The van der Waals surface area contributed by atoms with Crippen LogP contribution in [-0.4, -0.2) is 12.1 Å². The lowest BCUT2D eigenvalue weighted by Gasteiger charge is -2.35. The van der Waals surface area contributed by atoms with Gasteiger partial charge in [0.15, 0.2) is 0 Å². The molecule has 0 saturated heterocycles.